The summed E-state index contributed by atoms with van der Waals surface area (Å²) >= 11 is 9.04. The van der Waals surface area contributed by atoms with E-state index in [9.17, 15) is 0 Å². The minimum atomic E-state index is 0.749. The summed E-state index contributed by atoms with van der Waals surface area (Å²) in [4.78, 5) is 0.860. The molecular weight excluding hydrogens is 226 g/mol. The molecule has 0 amide bonds. The smallest absolute Gasteiger partial charge is 0.121 e. The lowest BCUT2D eigenvalue weighted by atomic mass is 10.3. The van der Waals surface area contributed by atoms with Crippen LogP contribution >= 0.6 is 24.8 Å². The first-order chi connectivity index (χ1) is 7.27. The van der Waals surface area contributed by atoms with Crippen molar-refractivity contribution in [3.05, 3.63) is 18.2 Å². The van der Waals surface area contributed by atoms with E-state index in [4.69, 9.17) is 17.0 Å². The summed E-state index contributed by atoms with van der Waals surface area (Å²) in [6.07, 6.45) is 2.20. The number of unbranched alkanes of at least 4 members (excludes halogenated alkanes) is 1. The molecule has 0 atom stereocenters. The van der Waals surface area contributed by atoms with E-state index in [2.05, 4.69) is 24.9 Å². The molecule has 0 radical (unpaired) electrons. The van der Waals surface area contributed by atoms with Crippen LogP contribution < -0.4 is 10.1 Å². The van der Waals surface area contributed by atoms with E-state index >= 15 is 0 Å². The fraction of sp³-hybridized carbons (Fsp3) is 0.364. The number of ether oxygens (including phenoxy) is 1. The van der Waals surface area contributed by atoms with Crippen LogP contribution in [0.4, 0.5) is 5.69 Å². The van der Waals surface area contributed by atoms with Gasteiger partial charge in [0, 0.05) is 11.0 Å². The van der Waals surface area contributed by atoms with Crippen molar-refractivity contribution in [2.45, 2.75) is 24.7 Å². The van der Waals surface area contributed by atoms with E-state index in [1.807, 2.05) is 18.2 Å². The number of rotatable bonds is 6. The highest BCUT2D eigenvalue weighted by Gasteiger charge is 2.00. The summed E-state index contributed by atoms with van der Waals surface area (Å²) in [5, 5.41) is 2.94. The molecule has 0 heterocycles. The molecule has 0 fully saturated rings. The van der Waals surface area contributed by atoms with Crippen LogP contribution in [0.15, 0.2) is 23.1 Å². The van der Waals surface area contributed by atoms with Gasteiger partial charge in [-0.3, -0.25) is 0 Å². The van der Waals surface area contributed by atoms with Crippen LogP contribution in [0.5, 0.6) is 5.75 Å². The minimum Gasteiger partial charge on any atom is -0.494 e. The van der Waals surface area contributed by atoms with E-state index in [1.165, 1.54) is 5.49 Å². The van der Waals surface area contributed by atoms with Crippen LogP contribution in [-0.2, 0) is 0 Å². The summed E-state index contributed by atoms with van der Waals surface area (Å²) in [6.45, 7) is 2.89. The third-order valence-corrected chi connectivity index (χ3v) is 2.46. The molecule has 1 N–H and O–H groups in total. The van der Waals surface area contributed by atoms with Gasteiger partial charge in [-0.15, -0.1) is 12.6 Å². The van der Waals surface area contributed by atoms with Gasteiger partial charge in [0.2, 0.25) is 0 Å². The van der Waals surface area contributed by atoms with Gasteiger partial charge in [0.1, 0.15) is 5.75 Å². The number of anilines is 1. The Balaban J connectivity index is 2.65. The zero-order valence-corrected chi connectivity index (χ0v) is 10.4. The van der Waals surface area contributed by atoms with E-state index in [0.717, 1.165) is 35.8 Å². The maximum absolute atomic E-state index is 5.57. The number of hydrogen-bond acceptors (Lipinski definition) is 3. The zero-order chi connectivity index (χ0) is 11.1. The van der Waals surface area contributed by atoms with Gasteiger partial charge in [0.25, 0.3) is 0 Å². The Morgan fingerprint density at radius 3 is 3.00 bits per heavy atom. The molecule has 0 aliphatic heterocycles. The fourth-order valence-corrected chi connectivity index (χ4v) is 1.45. The second kappa shape index (κ2) is 6.69. The first-order valence-electron chi connectivity index (χ1n) is 4.94. The van der Waals surface area contributed by atoms with Crippen LogP contribution in [-0.4, -0.2) is 12.1 Å². The number of nitrogens with one attached hydrogen (secondary N) is 1. The van der Waals surface area contributed by atoms with Crippen LogP contribution in [0.2, 0.25) is 0 Å². The van der Waals surface area contributed by atoms with Crippen LogP contribution in [0.1, 0.15) is 19.8 Å². The largest absolute Gasteiger partial charge is 0.494 e. The molecule has 2 nitrogen and oxygen atoms in total. The molecule has 0 aliphatic rings. The quantitative estimate of drug-likeness (QED) is 0.452. The Morgan fingerprint density at radius 2 is 2.33 bits per heavy atom. The molecule has 0 unspecified atom stereocenters. The van der Waals surface area contributed by atoms with Gasteiger partial charge in [-0.05, 0) is 18.6 Å². The second-order valence-electron chi connectivity index (χ2n) is 3.14. The van der Waals surface area contributed by atoms with Gasteiger partial charge in [-0.1, -0.05) is 25.6 Å². The molecule has 1 aromatic carbocycles. The summed E-state index contributed by atoms with van der Waals surface area (Å²) in [6, 6.07) is 5.71. The highest BCUT2D eigenvalue weighted by atomic mass is 32.1. The predicted octanol–water partition coefficient (Wildman–Crippen LogP) is 3.52. The summed E-state index contributed by atoms with van der Waals surface area (Å²) in [5.74, 6) is 0.848. The molecule has 0 aromatic heterocycles. The molecule has 15 heavy (non-hydrogen) atoms. The molecule has 0 saturated heterocycles. The van der Waals surface area contributed by atoms with E-state index in [0.29, 0.717) is 0 Å². The number of thiocarbonyl (C=S) groups is 1. The first kappa shape index (κ1) is 12.3. The summed E-state index contributed by atoms with van der Waals surface area (Å²) < 4.78 is 5.57. The molecular formula is C11H15NOS2. The Labute approximate surface area is 101 Å². The van der Waals surface area contributed by atoms with Gasteiger partial charge in [0.15, 0.2) is 0 Å². The lowest BCUT2D eigenvalue weighted by Gasteiger charge is -2.09. The lowest BCUT2D eigenvalue weighted by Crippen LogP contribution is -1.98. The Bertz CT molecular complexity index is 328. The van der Waals surface area contributed by atoms with Gasteiger partial charge < -0.3 is 10.1 Å². The molecule has 1 rings (SSSR count). The average Bonchev–Trinajstić information content (AvgIpc) is 2.23. The molecule has 82 valence electrons. The van der Waals surface area contributed by atoms with E-state index in [-0.39, 0.29) is 0 Å². The number of thiol groups is 1. The van der Waals surface area contributed by atoms with E-state index < -0.39 is 0 Å². The molecule has 0 saturated carbocycles. The third kappa shape index (κ3) is 4.10. The SMILES string of the molecule is CCCCOc1ccc(S)c(NC=S)c1. The van der Waals surface area contributed by atoms with Crippen molar-refractivity contribution >= 4 is 36.0 Å². The zero-order valence-electron chi connectivity index (χ0n) is 8.69. The average molecular weight is 241 g/mol. The Kier molecular flexibility index (Phi) is 5.50. The van der Waals surface area contributed by atoms with Crippen molar-refractivity contribution in [2.75, 3.05) is 11.9 Å². The summed E-state index contributed by atoms with van der Waals surface area (Å²) in [5.41, 5.74) is 2.34. The van der Waals surface area contributed by atoms with Crippen molar-refractivity contribution in [3.8, 4) is 5.75 Å². The number of hydrogen-bond donors (Lipinski definition) is 2. The van der Waals surface area contributed by atoms with Gasteiger partial charge in [-0.25, -0.2) is 0 Å². The molecule has 0 aliphatic carbocycles. The van der Waals surface area contributed by atoms with Crippen molar-refractivity contribution in [2.24, 2.45) is 0 Å². The lowest BCUT2D eigenvalue weighted by molar-refractivity contribution is 0.309. The number of benzene rings is 1. The Hall–Kier alpha value is -0.740. The molecule has 1 aromatic rings. The Morgan fingerprint density at radius 1 is 1.53 bits per heavy atom. The maximum Gasteiger partial charge on any atom is 0.121 e. The summed E-state index contributed by atoms with van der Waals surface area (Å²) in [7, 11) is 0. The van der Waals surface area contributed by atoms with Gasteiger partial charge in [0.05, 0.1) is 17.8 Å². The molecule has 4 heteroatoms. The first-order valence-corrected chi connectivity index (χ1v) is 5.85. The minimum absolute atomic E-state index is 0.749. The van der Waals surface area contributed by atoms with Gasteiger partial charge >= 0.3 is 0 Å². The van der Waals surface area contributed by atoms with Gasteiger partial charge in [-0.2, -0.15) is 0 Å². The van der Waals surface area contributed by atoms with Crippen molar-refractivity contribution < 1.29 is 4.74 Å². The molecule has 0 spiro atoms. The van der Waals surface area contributed by atoms with Crippen molar-refractivity contribution in [1.82, 2.24) is 0 Å². The van der Waals surface area contributed by atoms with Crippen molar-refractivity contribution in [3.63, 3.8) is 0 Å². The molecule has 0 bridgehead atoms. The second-order valence-corrected chi connectivity index (χ2v) is 3.86. The van der Waals surface area contributed by atoms with E-state index in [1.54, 1.807) is 0 Å². The normalized spacial score (nSPS) is 9.73. The topological polar surface area (TPSA) is 21.3 Å². The van der Waals surface area contributed by atoms with Crippen LogP contribution in [0.25, 0.3) is 0 Å². The highest BCUT2D eigenvalue weighted by molar-refractivity contribution is 7.80. The monoisotopic (exact) mass is 241 g/mol. The third-order valence-electron chi connectivity index (χ3n) is 1.95. The highest BCUT2D eigenvalue weighted by Crippen LogP contribution is 2.25. The van der Waals surface area contributed by atoms with Crippen LogP contribution in [0.3, 0.4) is 0 Å². The van der Waals surface area contributed by atoms with Crippen molar-refractivity contribution in [1.29, 1.82) is 0 Å². The predicted molar refractivity (Wildman–Crippen MR) is 71.4 cm³/mol. The maximum atomic E-state index is 5.57. The van der Waals surface area contributed by atoms with Crippen LogP contribution in [0, 0.1) is 0 Å². The fourth-order valence-electron chi connectivity index (χ4n) is 1.12. The standard InChI is InChI=1S/C11H15NOS2/c1-2-3-6-13-9-4-5-11(15)10(7-9)12-8-14/h4-5,7-8,15H,2-3,6H2,1H3,(H,12,14).